The van der Waals surface area contributed by atoms with E-state index in [1.807, 2.05) is 0 Å². The second kappa shape index (κ2) is 4.97. The van der Waals surface area contributed by atoms with Crippen LogP contribution >= 0.6 is 15.9 Å². The van der Waals surface area contributed by atoms with Gasteiger partial charge >= 0.3 is 0 Å². The van der Waals surface area contributed by atoms with Crippen LogP contribution < -0.4 is 0 Å². The van der Waals surface area contributed by atoms with Crippen molar-refractivity contribution in [3.8, 4) is 0 Å². The van der Waals surface area contributed by atoms with E-state index in [1.54, 1.807) is 0 Å². The van der Waals surface area contributed by atoms with Gasteiger partial charge in [-0.25, -0.2) is 0 Å². The van der Waals surface area contributed by atoms with Gasteiger partial charge in [0.05, 0.1) is 0 Å². The Morgan fingerprint density at radius 2 is 2.00 bits per heavy atom. The fourth-order valence-electron chi connectivity index (χ4n) is 1.94. The summed E-state index contributed by atoms with van der Waals surface area (Å²) in [7, 11) is 0. The van der Waals surface area contributed by atoms with Crippen molar-refractivity contribution in [2.45, 2.75) is 32.1 Å². The predicted octanol–water partition coefficient (Wildman–Crippen LogP) is 3.76. The molecule has 0 heterocycles. The summed E-state index contributed by atoms with van der Waals surface area (Å²) in [5.74, 6) is 1.64. The lowest BCUT2D eigenvalue weighted by molar-refractivity contribution is 0.304. The summed E-state index contributed by atoms with van der Waals surface area (Å²) >= 11 is 3.54. The fraction of sp³-hybridized carbons (Fsp3) is 0.800. The Morgan fingerprint density at radius 1 is 1.36 bits per heavy atom. The maximum Gasteiger partial charge on any atom is 0.00968 e. The molecule has 11 heavy (non-hydrogen) atoms. The Kier molecular flexibility index (Phi) is 4.21. The summed E-state index contributed by atoms with van der Waals surface area (Å²) in [6.45, 7) is 3.88. The van der Waals surface area contributed by atoms with E-state index in [9.17, 15) is 0 Å². The van der Waals surface area contributed by atoms with Crippen LogP contribution in [0.25, 0.3) is 0 Å². The quantitative estimate of drug-likeness (QED) is 0.498. The van der Waals surface area contributed by atoms with Crippen LogP contribution in [-0.2, 0) is 0 Å². The van der Waals surface area contributed by atoms with E-state index in [2.05, 4.69) is 28.6 Å². The van der Waals surface area contributed by atoms with E-state index in [1.165, 1.54) is 32.1 Å². The molecule has 1 unspecified atom stereocenters. The zero-order valence-corrected chi connectivity index (χ0v) is 8.65. The van der Waals surface area contributed by atoms with E-state index in [-0.39, 0.29) is 0 Å². The first-order valence-corrected chi connectivity index (χ1v) is 5.69. The van der Waals surface area contributed by atoms with Gasteiger partial charge in [-0.3, -0.25) is 0 Å². The maximum atomic E-state index is 3.88. The van der Waals surface area contributed by atoms with Crippen molar-refractivity contribution >= 4 is 15.9 Å². The number of allylic oxidation sites excluding steroid dienone is 1. The third-order valence-corrected chi connectivity index (χ3v) is 3.48. The monoisotopic (exact) mass is 216 g/mol. The van der Waals surface area contributed by atoms with Gasteiger partial charge < -0.3 is 0 Å². The van der Waals surface area contributed by atoms with Crippen molar-refractivity contribution in [1.82, 2.24) is 0 Å². The molecular weight excluding hydrogens is 200 g/mol. The van der Waals surface area contributed by atoms with Crippen LogP contribution in [-0.4, -0.2) is 5.33 Å². The van der Waals surface area contributed by atoms with Crippen LogP contribution in [0.1, 0.15) is 32.1 Å². The van der Waals surface area contributed by atoms with Gasteiger partial charge in [0.1, 0.15) is 0 Å². The molecule has 1 fully saturated rings. The molecule has 0 aliphatic heterocycles. The minimum absolute atomic E-state index is 0.718. The van der Waals surface area contributed by atoms with Crippen molar-refractivity contribution < 1.29 is 0 Å². The smallest absolute Gasteiger partial charge is 0.00968 e. The molecular formula is C10H17Br. The molecule has 64 valence electrons. The molecule has 1 aliphatic carbocycles. The molecule has 0 N–H and O–H groups in total. The van der Waals surface area contributed by atoms with Crippen LogP contribution in [0, 0.1) is 11.8 Å². The van der Waals surface area contributed by atoms with Gasteiger partial charge in [0.15, 0.2) is 0 Å². The second-order valence-corrected chi connectivity index (χ2v) is 4.10. The molecule has 0 bridgehead atoms. The maximum absolute atomic E-state index is 3.88. The van der Waals surface area contributed by atoms with Crippen molar-refractivity contribution in [3.63, 3.8) is 0 Å². The number of alkyl halides is 1. The number of rotatable bonds is 3. The van der Waals surface area contributed by atoms with Crippen LogP contribution in [0.4, 0.5) is 0 Å². The van der Waals surface area contributed by atoms with Gasteiger partial charge in [0.2, 0.25) is 0 Å². The SMILES string of the molecule is C=CC(CBr)C1CCCCC1. The Labute approximate surface area is 78.2 Å². The Morgan fingerprint density at radius 3 is 2.45 bits per heavy atom. The Balaban J connectivity index is 2.35. The molecule has 1 rings (SSSR count). The molecule has 0 nitrogen and oxygen atoms in total. The van der Waals surface area contributed by atoms with Crippen molar-refractivity contribution in [3.05, 3.63) is 12.7 Å². The topological polar surface area (TPSA) is 0 Å². The van der Waals surface area contributed by atoms with Crippen molar-refractivity contribution in [1.29, 1.82) is 0 Å². The van der Waals surface area contributed by atoms with E-state index in [0.29, 0.717) is 0 Å². The molecule has 0 aromatic heterocycles. The summed E-state index contributed by atoms with van der Waals surface area (Å²) in [4.78, 5) is 0. The van der Waals surface area contributed by atoms with Crippen molar-refractivity contribution in [2.24, 2.45) is 11.8 Å². The molecule has 1 heteroatoms. The number of halogens is 1. The lowest BCUT2D eigenvalue weighted by atomic mass is 9.81. The van der Waals surface area contributed by atoms with E-state index in [0.717, 1.165) is 17.2 Å². The standard InChI is InChI=1S/C10H17Br/c1-2-9(8-11)10-6-4-3-5-7-10/h2,9-10H,1,3-8H2. The first-order chi connectivity index (χ1) is 5.38. The molecule has 0 amide bonds. The lowest BCUT2D eigenvalue weighted by Gasteiger charge is -2.26. The Bertz CT molecular complexity index is 114. The lowest BCUT2D eigenvalue weighted by Crippen LogP contribution is -2.16. The summed E-state index contributed by atoms with van der Waals surface area (Å²) in [5.41, 5.74) is 0. The average molecular weight is 217 g/mol. The summed E-state index contributed by atoms with van der Waals surface area (Å²) in [5, 5.41) is 1.10. The van der Waals surface area contributed by atoms with Gasteiger partial charge in [-0.15, -0.1) is 6.58 Å². The van der Waals surface area contributed by atoms with Crippen LogP contribution in [0.15, 0.2) is 12.7 Å². The zero-order chi connectivity index (χ0) is 8.10. The molecule has 1 saturated carbocycles. The van der Waals surface area contributed by atoms with E-state index < -0.39 is 0 Å². The highest BCUT2D eigenvalue weighted by molar-refractivity contribution is 9.09. The van der Waals surface area contributed by atoms with Crippen molar-refractivity contribution in [2.75, 3.05) is 5.33 Å². The molecule has 1 atom stereocenters. The highest BCUT2D eigenvalue weighted by Gasteiger charge is 2.19. The Hall–Kier alpha value is 0.220. The summed E-state index contributed by atoms with van der Waals surface area (Å²) in [6.07, 6.45) is 9.27. The first-order valence-electron chi connectivity index (χ1n) is 4.57. The molecule has 0 radical (unpaired) electrons. The third-order valence-electron chi connectivity index (χ3n) is 2.74. The van der Waals surface area contributed by atoms with Gasteiger partial charge in [0.25, 0.3) is 0 Å². The van der Waals surface area contributed by atoms with Gasteiger partial charge in [-0.1, -0.05) is 41.3 Å². The van der Waals surface area contributed by atoms with E-state index in [4.69, 9.17) is 0 Å². The predicted molar refractivity (Wildman–Crippen MR) is 54.1 cm³/mol. The van der Waals surface area contributed by atoms with E-state index >= 15 is 0 Å². The first kappa shape index (κ1) is 9.31. The van der Waals surface area contributed by atoms with Gasteiger partial charge in [0, 0.05) is 5.33 Å². The minimum atomic E-state index is 0.718. The second-order valence-electron chi connectivity index (χ2n) is 3.45. The number of hydrogen-bond acceptors (Lipinski definition) is 0. The molecule has 0 spiro atoms. The van der Waals surface area contributed by atoms with Gasteiger partial charge in [-0.05, 0) is 24.7 Å². The largest absolute Gasteiger partial charge is 0.103 e. The van der Waals surface area contributed by atoms with Crippen LogP contribution in [0.3, 0.4) is 0 Å². The third kappa shape index (κ3) is 2.62. The van der Waals surface area contributed by atoms with Crippen LogP contribution in [0.5, 0.6) is 0 Å². The highest BCUT2D eigenvalue weighted by Crippen LogP contribution is 2.31. The van der Waals surface area contributed by atoms with Gasteiger partial charge in [-0.2, -0.15) is 0 Å². The fourth-order valence-corrected chi connectivity index (χ4v) is 2.74. The number of hydrogen-bond donors (Lipinski definition) is 0. The van der Waals surface area contributed by atoms with Crippen LogP contribution in [0.2, 0.25) is 0 Å². The normalized spacial score (nSPS) is 23.0. The highest BCUT2D eigenvalue weighted by atomic mass is 79.9. The molecule has 0 aromatic rings. The minimum Gasteiger partial charge on any atom is -0.103 e. The molecule has 1 aliphatic rings. The molecule has 0 saturated heterocycles. The average Bonchev–Trinajstić information content (AvgIpc) is 2.09. The zero-order valence-electron chi connectivity index (χ0n) is 7.06. The molecule has 0 aromatic carbocycles. The summed E-state index contributed by atoms with van der Waals surface area (Å²) < 4.78 is 0. The summed E-state index contributed by atoms with van der Waals surface area (Å²) in [6, 6.07) is 0.